The van der Waals surface area contributed by atoms with Gasteiger partial charge in [0.15, 0.2) is 0 Å². The molecule has 0 unspecified atom stereocenters. The van der Waals surface area contributed by atoms with Crippen molar-refractivity contribution in [3.05, 3.63) is 56.5 Å². The number of amides is 1. The highest BCUT2D eigenvalue weighted by molar-refractivity contribution is 9.11. The second kappa shape index (κ2) is 5.75. The number of hydrogen-bond donors (Lipinski definition) is 2. The standard InChI is InChI=1S/C14H11Br2NO2/c1-8-3-2-4-11(13(8)16)17-14(19)9-5-6-10(15)12(18)7-9/h2-7,18H,1H3,(H,17,19). The van der Waals surface area contributed by atoms with Gasteiger partial charge in [0.2, 0.25) is 0 Å². The third-order valence-corrected chi connectivity index (χ3v) is 4.37. The number of phenolic OH excluding ortho intramolecular Hbond substituents is 1. The maximum Gasteiger partial charge on any atom is 0.255 e. The molecule has 2 aromatic carbocycles. The molecule has 19 heavy (non-hydrogen) atoms. The van der Waals surface area contributed by atoms with Crippen molar-refractivity contribution >= 4 is 43.5 Å². The molecule has 5 heteroatoms. The first-order valence-corrected chi connectivity index (χ1v) is 7.12. The van der Waals surface area contributed by atoms with E-state index in [1.165, 1.54) is 6.07 Å². The summed E-state index contributed by atoms with van der Waals surface area (Å²) in [6.07, 6.45) is 0. The van der Waals surface area contributed by atoms with E-state index in [1.807, 2.05) is 25.1 Å². The van der Waals surface area contributed by atoms with Crippen LogP contribution >= 0.6 is 31.9 Å². The molecule has 0 saturated carbocycles. The van der Waals surface area contributed by atoms with E-state index < -0.39 is 0 Å². The van der Waals surface area contributed by atoms with Crippen LogP contribution in [0.4, 0.5) is 5.69 Å². The van der Waals surface area contributed by atoms with Gasteiger partial charge in [-0.2, -0.15) is 0 Å². The molecular weight excluding hydrogens is 374 g/mol. The summed E-state index contributed by atoms with van der Waals surface area (Å²) in [5, 5.41) is 12.4. The van der Waals surface area contributed by atoms with Gasteiger partial charge in [0.1, 0.15) is 5.75 Å². The highest BCUT2D eigenvalue weighted by Crippen LogP contribution is 2.28. The van der Waals surface area contributed by atoms with E-state index >= 15 is 0 Å². The van der Waals surface area contributed by atoms with Gasteiger partial charge in [0, 0.05) is 10.0 Å². The van der Waals surface area contributed by atoms with Crippen molar-refractivity contribution in [2.24, 2.45) is 0 Å². The molecule has 1 amide bonds. The topological polar surface area (TPSA) is 49.3 Å². The molecule has 2 aromatic rings. The highest BCUT2D eigenvalue weighted by atomic mass is 79.9. The van der Waals surface area contributed by atoms with E-state index in [0.29, 0.717) is 15.7 Å². The Balaban J connectivity index is 2.26. The first-order valence-electron chi connectivity index (χ1n) is 5.54. The van der Waals surface area contributed by atoms with Crippen LogP contribution in [0, 0.1) is 6.92 Å². The number of phenols is 1. The van der Waals surface area contributed by atoms with E-state index in [1.54, 1.807) is 12.1 Å². The number of carbonyl (C=O) groups excluding carboxylic acids is 1. The summed E-state index contributed by atoms with van der Waals surface area (Å²) in [5.41, 5.74) is 2.14. The molecule has 98 valence electrons. The number of aryl methyl sites for hydroxylation is 1. The number of benzene rings is 2. The Morgan fingerprint density at radius 3 is 2.63 bits per heavy atom. The largest absolute Gasteiger partial charge is 0.507 e. The summed E-state index contributed by atoms with van der Waals surface area (Å²) in [5.74, 6) is -0.231. The molecule has 3 nitrogen and oxygen atoms in total. The van der Waals surface area contributed by atoms with Crippen molar-refractivity contribution in [2.75, 3.05) is 5.32 Å². The first kappa shape index (κ1) is 14.1. The van der Waals surface area contributed by atoms with Gasteiger partial charge < -0.3 is 10.4 Å². The van der Waals surface area contributed by atoms with E-state index in [0.717, 1.165) is 10.0 Å². The van der Waals surface area contributed by atoms with E-state index in [9.17, 15) is 9.90 Å². The lowest BCUT2D eigenvalue weighted by molar-refractivity contribution is 0.102. The zero-order valence-corrected chi connectivity index (χ0v) is 13.2. The fourth-order valence-electron chi connectivity index (χ4n) is 1.59. The summed E-state index contributed by atoms with van der Waals surface area (Å²) >= 11 is 6.61. The molecule has 2 N–H and O–H groups in total. The van der Waals surface area contributed by atoms with Gasteiger partial charge in [-0.25, -0.2) is 0 Å². The predicted octanol–water partition coefficient (Wildman–Crippen LogP) is 4.48. The van der Waals surface area contributed by atoms with Crippen LogP contribution < -0.4 is 5.32 Å². The SMILES string of the molecule is Cc1cccc(NC(=O)c2ccc(Br)c(O)c2)c1Br. The molecule has 0 spiro atoms. The number of halogens is 2. The molecule has 0 atom stereocenters. The van der Waals surface area contributed by atoms with Crippen molar-refractivity contribution < 1.29 is 9.90 Å². The number of nitrogens with one attached hydrogen (secondary N) is 1. The average molecular weight is 385 g/mol. The Morgan fingerprint density at radius 2 is 1.95 bits per heavy atom. The monoisotopic (exact) mass is 383 g/mol. The molecule has 0 aromatic heterocycles. The molecule has 0 aliphatic rings. The van der Waals surface area contributed by atoms with Crippen LogP contribution in [0.15, 0.2) is 45.3 Å². The van der Waals surface area contributed by atoms with Crippen molar-refractivity contribution in [1.82, 2.24) is 0 Å². The van der Waals surface area contributed by atoms with Crippen molar-refractivity contribution in [3.63, 3.8) is 0 Å². The summed E-state index contributed by atoms with van der Waals surface area (Å²) < 4.78 is 1.41. The van der Waals surface area contributed by atoms with Crippen LogP contribution in [0.25, 0.3) is 0 Å². The van der Waals surface area contributed by atoms with Gasteiger partial charge >= 0.3 is 0 Å². The minimum absolute atomic E-state index is 0.0379. The molecule has 0 saturated heterocycles. The highest BCUT2D eigenvalue weighted by Gasteiger charge is 2.10. The van der Waals surface area contributed by atoms with Gasteiger partial charge in [-0.3, -0.25) is 4.79 Å². The zero-order valence-electron chi connectivity index (χ0n) is 10.1. The summed E-state index contributed by atoms with van der Waals surface area (Å²) in [4.78, 5) is 12.1. The Labute approximate surface area is 127 Å². The maximum atomic E-state index is 12.1. The minimum atomic E-state index is -0.269. The maximum absolute atomic E-state index is 12.1. The van der Waals surface area contributed by atoms with Crippen molar-refractivity contribution in [3.8, 4) is 5.75 Å². The van der Waals surface area contributed by atoms with Crippen LogP contribution in [0.3, 0.4) is 0 Å². The van der Waals surface area contributed by atoms with E-state index in [-0.39, 0.29) is 11.7 Å². The quantitative estimate of drug-likeness (QED) is 0.801. The lowest BCUT2D eigenvalue weighted by atomic mass is 10.2. The minimum Gasteiger partial charge on any atom is -0.507 e. The van der Waals surface area contributed by atoms with Crippen LogP contribution in [0.1, 0.15) is 15.9 Å². The van der Waals surface area contributed by atoms with Crippen LogP contribution in [0.5, 0.6) is 5.75 Å². The molecule has 0 aliphatic heterocycles. The summed E-state index contributed by atoms with van der Waals surface area (Å²) in [6.45, 7) is 1.95. The molecule has 2 rings (SSSR count). The second-order valence-corrected chi connectivity index (χ2v) is 5.70. The number of rotatable bonds is 2. The normalized spacial score (nSPS) is 10.3. The fourth-order valence-corrected chi connectivity index (χ4v) is 2.20. The molecule has 0 heterocycles. The zero-order chi connectivity index (χ0) is 14.0. The van der Waals surface area contributed by atoms with Crippen LogP contribution in [-0.4, -0.2) is 11.0 Å². The summed E-state index contributed by atoms with van der Waals surface area (Å²) in [7, 11) is 0. The smallest absolute Gasteiger partial charge is 0.255 e. The number of anilines is 1. The van der Waals surface area contributed by atoms with Gasteiger partial charge in [-0.15, -0.1) is 0 Å². The lowest BCUT2D eigenvalue weighted by Gasteiger charge is -2.09. The van der Waals surface area contributed by atoms with E-state index in [4.69, 9.17) is 0 Å². The van der Waals surface area contributed by atoms with Crippen molar-refractivity contribution in [1.29, 1.82) is 0 Å². The van der Waals surface area contributed by atoms with Crippen LogP contribution in [-0.2, 0) is 0 Å². The molecule has 0 aliphatic carbocycles. The molecule has 0 bridgehead atoms. The third kappa shape index (κ3) is 3.16. The fraction of sp³-hybridized carbons (Fsp3) is 0.0714. The van der Waals surface area contributed by atoms with Gasteiger partial charge in [-0.1, -0.05) is 12.1 Å². The Bertz CT molecular complexity index is 641. The number of carbonyl (C=O) groups is 1. The first-order chi connectivity index (χ1) is 8.99. The van der Waals surface area contributed by atoms with Crippen molar-refractivity contribution in [2.45, 2.75) is 6.92 Å². The van der Waals surface area contributed by atoms with Gasteiger partial charge in [-0.05, 0) is 68.6 Å². The number of hydrogen-bond acceptors (Lipinski definition) is 2. The molecule has 0 radical (unpaired) electrons. The van der Waals surface area contributed by atoms with Gasteiger partial charge in [0.05, 0.1) is 10.2 Å². The molecule has 0 fully saturated rings. The third-order valence-electron chi connectivity index (χ3n) is 2.65. The Morgan fingerprint density at radius 1 is 1.21 bits per heavy atom. The predicted molar refractivity (Wildman–Crippen MR) is 82.6 cm³/mol. The Hall–Kier alpha value is -1.33. The average Bonchev–Trinajstić information content (AvgIpc) is 2.38. The number of aromatic hydroxyl groups is 1. The second-order valence-electron chi connectivity index (χ2n) is 4.06. The molecular formula is C14H11Br2NO2. The van der Waals surface area contributed by atoms with Crippen LogP contribution in [0.2, 0.25) is 0 Å². The van der Waals surface area contributed by atoms with Gasteiger partial charge in [0.25, 0.3) is 5.91 Å². The summed E-state index contributed by atoms with van der Waals surface area (Å²) in [6, 6.07) is 10.3. The Kier molecular flexibility index (Phi) is 4.27. The van der Waals surface area contributed by atoms with E-state index in [2.05, 4.69) is 37.2 Å². The lowest BCUT2D eigenvalue weighted by Crippen LogP contribution is -2.12.